The monoisotopic (exact) mass is 735 g/mol. The van der Waals surface area contributed by atoms with Gasteiger partial charge in [-0.3, -0.25) is 28.8 Å². The number of nitrogens with one attached hydrogen (secondary N) is 5. The van der Waals surface area contributed by atoms with E-state index < -0.39 is 78.3 Å². The molecule has 0 unspecified atom stereocenters. The van der Waals surface area contributed by atoms with Crippen molar-refractivity contribution in [1.29, 1.82) is 0 Å². The average Bonchev–Trinajstić information content (AvgIpc) is 3.63. The summed E-state index contributed by atoms with van der Waals surface area (Å²) < 4.78 is 0. The highest BCUT2D eigenvalue weighted by molar-refractivity contribution is 5.98. The summed E-state index contributed by atoms with van der Waals surface area (Å²) in [6.45, 7) is 3.54. The SMILES string of the molecule is CC(C)C[C@@H]1NC(=O)[C@H](CCCCN)NC(=O)[C@@H]2CCCN2C(=O)[C@H](CO)NC(=O)[C@@H](Cc2ccccc2)NC(=O)[C@H](Cc2ccc(O)cc2)NC1=O. The number of carbonyl (C=O) groups is 6. The fourth-order valence-electron chi connectivity index (χ4n) is 6.65. The fourth-order valence-corrected chi connectivity index (χ4v) is 6.65. The van der Waals surface area contributed by atoms with Crippen LogP contribution in [-0.2, 0) is 41.6 Å². The number of hydrogen-bond donors (Lipinski definition) is 8. The van der Waals surface area contributed by atoms with Crippen molar-refractivity contribution in [1.82, 2.24) is 31.5 Å². The van der Waals surface area contributed by atoms with E-state index in [4.69, 9.17) is 5.73 Å². The molecule has 15 heteroatoms. The van der Waals surface area contributed by atoms with Gasteiger partial charge in [-0.05, 0) is 74.2 Å². The molecule has 0 radical (unpaired) electrons. The Hall–Kier alpha value is -5.02. The van der Waals surface area contributed by atoms with Gasteiger partial charge in [-0.25, -0.2) is 0 Å². The Morgan fingerprint density at radius 3 is 1.81 bits per heavy atom. The first-order valence-electron chi connectivity index (χ1n) is 18.3. The predicted molar refractivity (Wildman–Crippen MR) is 196 cm³/mol. The number of phenols is 1. The van der Waals surface area contributed by atoms with E-state index in [0.29, 0.717) is 43.4 Å². The summed E-state index contributed by atoms with van der Waals surface area (Å²) in [6, 6.07) is 7.92. The van der Waals surface area contributed by atoms with Crippen molar-refractivity contribution in [3.8, 4) is 5.75 Å². The molecule has 2 aliphatic rings. The van der Waals surface area contributed by atoms with Gasteiger partial charge in [0.15, 0.2) is 0 Å². The zero-order valence-corrected chi connectivity index (χ0v) is 30.4. The molecule has 288 valence electrons. The van der Waals surface area contributed by atoms with Gasteiger partial charge in [-0.2, -0.15) is 0 Å². The van der Waals surface area contributed by atoms with Crippen LogP contribution in [0.2, 0.25) is 0 Å². The Morgan fingerprint density at radius 2 is 1.23 bits per heavy atom. The summed E-state index contributed by atoms with van der Waals surface area (Å²) in [5.74, 6) is -4.01. The Kier molecular flexibility index (Phi) is 15.2. The molecule has 53 heavy (non-hydrogen) atoms. The molecule has 2 heterocycles. The molecule has 6 atom stereocenters. The standard InChI is InChI=1S/C38H53N7O8/c1-23(2)19-28-34(49)42-30(21-25-13-15-26(47)16-14-25)35(50)43-29(20-24-9-4-3-5-10-24)36(51)44-31(22-46)38(53)45-18-8-12-32(45)37(52)40-27(33(48)41-28)11-6-7-17-39/h3-5,9-10,13-16,23,27-32,46-47H,6-8,11-12,17-22,39H2,1-2H3,(H,40,52)(H,41,48)(H,42,49)(H,43,50)(H,44,51)/t27-,28-,29+,30-,31-,32-/m0/s1. The van der Waals surface area contributed by atoms with Crippen LogP contribution < -0.4 is 32.3 Å². The number of aromatic hydroxyl groups is 1. The van der Waals surface area contributed by atoms with E-state index in [1.807, 2.05) is 13.8 Å². The summed E-state index contributed by atoms with van der Waals surface area (Å²) in [4.78, 5) is 84.8. The topological polar surface area (TPSA) is 232 Å². The van der Waals surface area contributed by atoms with Gasteiger partial charge in [0.1, 0.15) is 42.0 Å². The molecular weight excluding hydrogens is 682 g/mol. The van der Waals surface area contributed by atoms with Crippen LogP contribution >= 0.6 is 0 Å². The van der Waals surface area contributed by atoms with E-state index in [9.17, 15) is 39.0 Å². The number of aliphatic hydroxyl groups is 1. The molecule has 0 aromatic heterocycles. The molecule has 2 fully saturated rings. The minimum atomic E-state index is -1.43. The number of rotatable bonds is 11. The van der Waals surface area contributed by atoms with Crippen LogP contribution in [0, 0.1) is 5.92 Å². The third-order valence-electron chi connectivity index (χ3n) is 9.48. The third-order valence-corrected chi connectivity index (χ3v) is 9.48. The maximum absolute atomic E-state index is 14.1. The van der Waals surface area contributed by atoms with Gasteiger partial charge in [0, 0.05) is 19.4 Å². The predicted octanol–water partition coefficient (Wildman–Crippen LogP) is -0.227. The molecule has 0 spiro atoms. The Bertz CT molecular complexity index is 1570. The third kappa shape index (κ3) is 11.7. The minimum absolute atomic E-state index is 0.00703. The number of carbonyl (C=O) groups excluding carboxylic acids is 6. The van der Waals surface area contributed by atoms with Crippen LogP contribution in [0.25, 0.3) is 0 Å². The van der Waals surface area contributed by atoms with Gasteiger partial charge in [0.05, 0.1) is 6.61 Å². The fraction of sp³-hybridized carbons (Fsp3) is 0.526. The number of hydrogen-bond acceptors (Lipinski definition) is 9. The Balaban J connectivity index is 1.76. The lowest BCUT2D eigenvalue weighted by molar-refractivity contribution is -0.143. The summed E-state index contributed by atoms with van der Waals surface area (Å²) >= 11 is 0. The highest BCUT2D eigenvalue weighted by Gasteiger charge is 2.40. The van der Waals surface area contributed by atoms with Crippen molar-refractivity contribution in [3.63, 3.8) is 0 Å². The quantitative estimate of drug-likeness (QED) is 0.142. The molecule has 4 rings (SSSR count). The normalized spacial score (nSPS) is 25.0. The van der Waals surface area contributed by atoms with E-state index >= 15 is 0 Å². The van der Waals surface area contributed by atoms with E-state index in [2.05, 4.69) is 26.6 Å². The molecule has 0 aliphatic carbocycles. The van der Waals surface area contributed by atoms with Gasteiger partial charge < -0.3 is 47.4 Å². The molecule has 0 bridgehead atoms. The van der Waals surface area contributed by atoms with Crippen LogP contribution in [0.1, 0.15) is 63.5 Å². The molecule has 2 aromatic carbocycles. The number of nitrogens with two attached hydrogens (primary N) is 1. The van der Waals surface area contributed by atoms with Gasteiger partial charge in [0.25, 0.3) is 0 Å². The Morgan fingerprint density at radius 1 is 0.698 bits per heavy atom. The first-order chi connectivity index (χ1) is 25.4. The molecular formula is C38H53N7O8. The zero-order chi connectivity index (χ0) is 38.5. The Labute approximate surface area is 309 Å². The molecule has 2 saturated heterocycles. The first-order valence-corrected chi connectivity index (χ1v) is 18.3. The lowest BCUT2D eigenvalue weighted by atomic mass is 9.99. The second-order valence-electron chi connectivity index (χ2n) is 14.2. The van der Waals surface area contributed by atoms with Crippen molar-refractivity contribution in [3.05, 3.63) is 65.7 Å². The first kappa shape index (κ1) is 40.7. The second-order valence-corrected chi connectivity index (χ2v) is 14.2. The molecule has 2 aliphatic heterocycles. The van der Waals surface area contributed by atoms with Crippen molar-refractivity contribution < 1.29 is 39.0 Å². The van der Waals surface area contributed by atoms with E-state index in [-0.39, 0.29) is 43.9 Å². The lowest BCUT2D eigenvalue weighted by Gasteiger charge is -2.31. The van der Waals surface area contributed by atoms with Crippen LogP contribution in [-0.4, -0.2) is 107 Å². The maximum atomic E-state index is 14.1. The van der Waals surface area contributed by atoms with Gasteiger partial charge in [-0.1, -0.05) is 56.3 Å². The van der Waals surface area contributed by atoms with Crippen LogP contribution in [0.4, 0.5) is 0 Å². The summed E-state index contributed by atoms with van der Waals surface area (Å²) in [5.41, 5.74) is 6.98. The number of aliphatic hydroxyl groups excluding tert-OH is 1. The number of phenolic OH excluding ortho intramolecular Hbond substituents is 1. The highest BCUT2D eigenvalue weighted by Crippen LogP contribution is 2.20. The number of amides is 6. The number of unbranched alkanes of at least 4 members (excludes halogenated alkanes) is 1. The van der Waals surface area contributed by atoms with Crippen LogP contribution in [0.15, 0.2) is 54.6 Å². The zero-order valence-electron chi connectivity index (χ0n) is 30.4. The molecule has 6 amide bonds. The van der Waals surface area contributed by atoms with E-state index in [0.717, 1.165) is 0 Å². The second kappa shape index (κ2) is 19.7. The van der Waals surface area contributed by atoms with Gasteiger partial charge in [0.2, 0.25) is 35.4 Å². The van der Waals surface area contributed by atoms with Crippen molar-refractivity contribution >= 4 is 35.4 Å². The average molecular weight is 736 g/mol. The van der Waals surface area contributed by atoms with E-state index in [1.165, 1.54) is 17.0 Å². The van der Waals surface area contributed by atoms with Crippen molar-refractivity contribution in [2.45, 2.75) is 101 Å². The summed E-state index contributed by atoms with van der Waals surface area (Å²) in [6.07, 6.45) is 2.26. The largest absolute Gasteiger partial charge is 0.508 e. The van der Waals surface area contributed by atoms with Crippen LogP contribution in [0.5, 0.6) is 5.75 Å². The number of fused-ring (bicyclic) bond motifs is 1. The van der Waals surface area contributed by atoms with Crippen LogP contribution in [0.3, 0.4) is 0 Å². The molecule has 0 saturated carbocycles. The number of benzene rings is 2. The van der Waals surface area contributed by atoms with Crippen molar-refractivity contribution in [2.24, 2.45) is 11.7 Å². The smallest absolute Gasteiger partial charge is 0.248 e. The van der Waals surface area contributed by atoms with Gasteiger partial charge >= 0.3 is 0 Å². The lowest BCUT2D eigenvalue weighted by Crippen LogP contribution is -2.62. The molecule has 15 nitrogen and oxygen atoms in total. The van der Waals surface area contributed by atoms with Crippen molar-refractivity contribution in [2.75, 3.05) is 19.7 Å². The highest BCUT2D eigenvalue weighted by atomic mass is 16.3. The molecule has 2 aromatic rings. The minimum Gasteiger partial charge on any atom is -0.508 e. The molecule has 9 N–H and O–H groups in total. The summed E-state index contributed by atoms with van der Waals surface area (Å²) in [5, 5.41) is 33.9. The van der Waals surface area contributed by atoms with Gasteiger partial charge in [-0.15, -0.1) is 0 Å². The maximum Gasteiger partial charge on any atom is 0.248 e. The van der Waals surface area contributed by atoms with E-state index in [1.54, 1.807) is 42.5 Å². The summed E-state index contributed by atoms with van der Waals surface area (Å²) in [7, 11) is 0. The number of nitrogens with zero attached hydrogens (tertiary/aromatic N) is 1.